The zero-order valence-electron chi connectivity index (χ0n) is 18.0. The molecular weight excluding hydrogens is 400 g/mol. The van der Waals surface area contributed by atoms with Crippen molar-refractivity contribution in [2.45, 2.75) is 25.8 Å². The standard InChI is InChI=1S/C26H26N4O2/c1-2-22(25-28-17-23(30-25)19-9-4-3-5-10-19)29-24(31)14-15-27-26(32)21-13-12-18-8-6-7-11-20(18)16-21/h3-13,16-17,22H,2,14-15H2,1H3,(H,27,32)(H,28,30)(H,29,31). The Bertz CT molecular complexity index is 1220. The van der Waals surface area contributed by atoms with Crippen molar-refractivity contribution in [3.63, 3.8) is 0 Å². The molecule has 0 fully saturated rings. The zero-order valence-corrected chi connectivity index (χ0v) is 18.0. The molecule has 1 atom stereocenters. The first-order valence-corrected chi connectivity index (χ1v) is 10.8. The minimum atomic E-state index is -0.212. The molecule has 4 rings (SSSR count). The molecule has 2 amide bonds. The maximum Gasteiger partial charge on any atom is 0.251 e. The maximum absolute atomic E-state index is 12.5. The molecule has 0 aliphatic carbocycles. The number of H-pyrrole nitrogens is 1. The molecule has 4 aromatic rings. The Labute approximate surface area is 187 Å². The third kappa shape index (κ3) is 5.03. The quantitative estimate of drug-likeness (QED) is 0.384. The predicted octanol–water partition coefficient (Wildman–Crippen LogP) is 4.62. The van der Waals surface area contributed by atoms with E-state index >= 15 is 0 Å². The molecule has 1 unspecified atom stereocenters. The maximum atomic E-state index is 12.5. The fourth-order valence-corrected chi connectivity index (χ4v) is 3.63. The van der Waals surface area contributed by atoms with Crippen molar-refractivity contribution in [3.8, 4) is 11.3 Å². The molecule has 0 saturated heterocycles. The van der Waals surface area contributed by atoms with Crippen molar-refractivity contribution in [3.05, 3.63) is 90.4 Å². The molecule has 0 aliphatic heterocycles. The fraction of sp³-hybridized carbons (Fsp3) is 0.192. The van der Waals surface area contributed by atoms with E-state index in [1.54, 1.807) is 12.3 Å². The average molecular weight is 427 g/mol. The highest BCUT2D eigenvalue weighted by Crippen LogP contribution is 2.20. The number of fused-ring (bicyclic) bond motifs is 1. The number of rotatable bonds is 8. The second kappa shape index (κ2) is 9.92. The van der Waals surface area contributed by atoms with Gasteiger partial charge in [0.2, 0.25) is 5.91 Å². The first-order valence-electron chi connectivity index (χ1n) is 10.8. The summed E-state index contributed by atoms with van der Waals surface area (Å²) in [6.45, 7) is 2.26. The highest BCUT2D eigenvalue weighted by Gasteiger charge is 2.16. The number of amides is 2. The molecule has 0 radical (unpaired) electrons. The molecule has 3 aromatic carbocycles. The molecular formula is C26H26N4O2. The molecule has 0 saturated carbocycles. The number of carbonyl (C=O) groups is 2. The lowest BCUT2D eigenvalue weighted by molar-refractivity contribution is -0.121. The smallest absolute Gasteiger partial charge is 0.251 e. The van der Waals surface area contributed by atoms with E-state index in [1.807, 2.05) is 73.7 Å². The van der Waals surface area contributed by atoms with Gasteiger partial charge in [0.25, 0.3) is 5.91 Å². The Kier molecular flexibility index (Phi) is 6.60. The van der Waals surface area contributed by atoms with Crippen LogP contribution in [-0.2, 0) is 4.79 Å². The number of imidazole rings is 1. The number of benzene rings is 3. The molecule has 32 heavy (non-hydrogen) atoms. The highest BCUT2D eigenvalue weighted by atomic mass is 16.2. The van der Waals surface area contributed by atoms with Crippen LogP contribution < -0.4 is 10.6 Å². The van der Waals surface area contributed by atoms with Crippen molar-refractivity contribution < 1.29 is 9.59 Å². The van der Waals surface area contributed by atoms with E-state index in [-0.39, 0.29) is 30.8 Å². The van der Waals surface area contributed by atoms with Crippen LogP contribution in [-0.4, -0.2) is 28.3 Å². The van der Waals surface area contributed by atoms with E-state index < -0.39 is 0 Å². The SMILES string of the molecule is CCC(NC(=O)CCNC(=O)c1ccc2ccccc2c1)c1ncc(-c2ccccc2)[nH]1. The topological polar surface area (TPSA) is 86.9 Å². The van der Waals surface area contributed by atoms with Crippen molar-refractivity contribution in [2.24, 2.45) is 0 Å². The van der Waals surface area contributed by atoms with Gasteiger partial charge in [0.05, 0.1) is 17.9 Å². The normalized spacial score (nSPS) is 11.8. The van der Waals surface area contributed by atoms with E-state index in [4.69, 9.17) is 0 Å². The molecule has 162 valence electrons. The van der Waals surface area contributed by atoms with Gasteiger partial charge in [-0.2, -0.15) is 0 Å². The van der Waals surface area contributed by atoms with Crippen LogP contribution in [0.5, 0.6) is 0 Å². The number of carbonyl (C=O) groups excluding carboxylic acids is 2. The van der Waals surface area contributed by atoms with Gasteiger partial charge in [-0.3, -0.25) is 9.59 Å². The predicted molar refractivity (Wildman–Crippen MR) is 126 cm³/mol. The Morgan fingerprint density at radius 2 is 1.72 bits per heavy atom. The van der Waals surface area contributed by atoms with Gasteiger partial charge < -0.3 is 15.6 Å². The zero-order chi connectivity index (χ0) is 22.3. The van der Waals surface area contributed by atoms with E-state index in [0.717, 1.165) is 27.9 Å². The van der Waals surface area contributed by atoms with Gasteiger partial charge in [0.1, 0.15) is 5.82 Å². The van der Waals surface area contributed by atoms with Gasteiger partial charge in [-0.05, 0) is 34.9 Å². The third-order valence-corrected chi connectivity index (χ3v) is 5.40. The number of hydrogen-bond donors (Lipinski definition) is 3. The van der Waals surface area contributed by atoms with Gasteiger partial charge in [-0.15, -0.1) is 0 Å². The number of nitrogens with zero attached hydrogens (tertiary/aromatic N) is 1. The summed E-state index contributed by atoms with van der Waals surface area (Å²) in [5.41, 5.74) is 2.54. The van der Waals surface area contributed by atoms with E-state index in [2.05, 4.69) is 20.6 Å². The summed E-state index contributed by atoms with van der Waals surface area (Å²) >= 11 is 0. The van der Waals surface area contributed by atoms with Crippen molar-refractivity contribution in [1.29, 1.82) is 0 Å². The van der Waals surface area contributed by atoms with Crippen molar-refractivity contribution in [2.75, 3.05) is 6.54 Å². The lowest BCUT2D eigenvalue weighted by Gasteiger charge is -2.15. The third-order valence-electron chi connectivity index (χ3n) is 5.40. The summed E-state index contributed by atoms with van der Waals surface area (Å²) in [6, 6.07) is 23.2. The van der Waals surface area contributed by atoms with Crippen molar-refractivity contribution >= 4 is 22.6 Å². The van der Waals surface area contributed by atoms with Crippen LogP contribution in [0, 0.1) is 0 Å². The number of aromatic nitrogens is 2. The summed E-state index contributed by atoms with van der Waals surface area (Å²) in [5.74, 6) is 0.405. The highest BCUT2D eigenvalue weighted by molar-refractivity contribution is 5.98. The minimum absolute atomic E-state index is 0.131. The summed E-state index contributed by atoms with van der Waals surface area (Å²) in [6.07, 6.45) is 2.68. The Morgan fingerprint density at radius 1 is 0.969 bits per heavy atom. The van der Waals surface area contributed by atoms with Crippen LogP contribution in [0.15, 0.2) is 79.0 Å². The first-order chi connectivity index (χ1) is 15.6. The lowest BCUT2D eigenvalue weighted by Crippen LogP contribution is -2.33. The second-order valence-electron chi connectivity index (χ2n) is 7.64. The minimum Gasteiger partial charge on any atom is -0.352 e. The summed E-state index contributed by atoms with van der Waals surface area (Å²) in [4.78, 5) is 32.7. The summed E-state index contributed by atoms with van der Waals surface area (Å²) in [5, 5.41) is 7.93. The molecule has 1 aromatic heterocycles. The van der Waals surface area contributed by atoms with Gasteiger partial charge >= 0.3 is 0 Å². The molecule has 0 aliphatic rings. The summed E-state index contributed by atoms with van der Waals surface area (Å²) < 4.78 is 0. The van der Waals surface area contributed by atoms with Crippen molar-refractivity contribution in [1.82, 2.24) is 20.6 Å². The Morgan fingerprint density at radius 3 is 2.50 bits per heavy atom. The number of aromatic amines is 1. The van der Waals surface area contributed by atoms with Crippen LogP contribution in [0.1, 0.15) is 42.0 Å². The Hall–Kier alpha value is -3.93. The molecule has 6 nitrogen and oxygen atoms in total. The largest absolute Gasteiger partial charge is 0.352 e. The van der Waals surface area contributed by atoms with E-state index in [9.17, 15) is 9.59 Å². The van der Waals surface area contributed by atoms with Gasteiger partial charge in [0, 0.05) is 18.5 Å². The molecule has 0 bridgehead atoms. The van der Waals surface area contributed by atoms with E-state index in [1.165, 1.54) is 0 Å². The summed E-state index contributed by atoms with van der Waals surface area (Å²) in [7, 11) is 0. The van der Waals surface area contributed by atoms with Gasteiger partial charge in [-0.1, -0.05) is 67.6 Å². The molecule has 1 heterocycles. The monoisotopic (exact) mass is 426 g/mol. The average Bonchev–Trinajstić information content (AvgIpc) is 3.33. The first kappa shape index (κ1) is 21.3. The van der Waals surface area contributed by atoms with Crippen LogP contribution in [0.4, 0.5) is 0 Å². The van der Waals surface area contributed by atoms with Crippen LogP contribution >= 0.6 is 0 Å². The van der Waals surface area contributed by atoms with Crippen LogP contribution in [0.25, 0.3) is 22.0 Å². The lowest BCUT2D eigenvalue weighted by atomic mass is 10.1. The Balaban J connectivity index is 1.30. The van der Waals surface area contributed by atoms with Gasteiger partial charge in [0.15, 0.2) is 0 Å². The molecule has 6 heteroatoms. The number of nitrogens with one attached hydrogen (secondary N) is 3. The van der Waals surface area contributed by atoms with E-state index in [0.29, 0.717) is 12.0 Å². The van der Waals surface area contributed by atoms with Crippen LogP contribution in [0.2, 0.25) is 0 Å². The number of hydrogen-bond acceptors (Lipinski definition) is 3. The van der Waals surface area contributed by atoms with Gasteiger partial charge in [-0.25, -0.2) is 4.98 Å². The fourth-order valence-electron chi connectivity index (χ4n) is 3.63. The van der Waals surface area contributed by atoms with Crippen LogP contribution in [0.3, 0.4) is 0 Å². The molecule has 3 N–H and O–H groups in total. The molecule has 0 spiro atoms. The second-order valence-corrected chi connectivity index (χ2v) is 7.64.